The molecule has 3 nitrogen and oxygen atoms in total. The molecule has 4 heteroatoms. The van der Waals surface area contributed by atoms with Gasteiger partial charge in [0.15, 0.2) is 0 Å². The van der Waals surface area contributed by atoms with Crippen LogP contribution in [-0.4, -0.2) is 17.6 Å². The van der Waals surface area contributed by atoms with E-state index in [-0.39, 0.29) is 11.8 Å². The fourth-order valence-corrected chi connectivity index (χ4v) is 3.08. The summed E-state index contributed by atoms with van der Waals surface area (Å²) < 4.78 is 0. The standard InChI is InChI=1S/C14H11NO2S/c1-2-18-11-7-6-10-12-8(11)4-3-5-9(12)13(16)15-14(10)17/h3-7H,2H2,1H3,(H,15,16,17). The predicted molar refractivity (Wildman–Crippen MR) is 72.1 cm³/mol. The molecule has 0 bridgehead atoms. The van der Waals surface area contributed by atoms with Gasteiger partial charge in [-0.2, -0.15) is 0 Å². The van der Waals surface area contributed by atoms with Crippen LogP contribution in [0.25, 0.3) is 10.8 Å². The number of nitrogens with one attached hydrogen (secondary N) is 1. The summed E-state index contributed by atoms with van der Waals surface area (Å²) in [7, 11) is 0. The van der Waals surface area contributed by atoms with E-state index >= 15 is 0 Å². The predicted octanol–water partition coefficient (Wildman–Crippen LogP) is 2.84. The minimum absolute atomic E-state index is 0.309. The van der Waals surface area contributed by atoms with E-state index in [0.29, 0.717) is 11.1 Å². The van der Waals surface area contributed by atoms with E-state index in [2.05, 4.69) is 12.2 Å². The molecule has 0 radical (unpaired) electrons. The monoisotopic (exact) mass is 257 g/mol. The minimum Gasteiger partial charge on any atom is -0.288 e. The maximum absolute atomic E-state index is 11.8. The molecule has 90 valence electrons. The van der Waals surface area contributed by atoms with Crippen LogP contribution in [0.2, 0.25) is 0 Å². The second kappa shape index (κ2) is 4.14. The van der Waals surface area contributed by atoms with Gasteiger partial charge in [0.25, 0.3) is 11.8 Å². The van der Waals surface area contributed by atoms with Gasteiger partial charge in [0.05, 0.1) is 0 Å². The van der Waals surface area contributed by atoms with Gasteiger partial charge in [-0.1, -0.05) is 19.1 Å². The van der Waals surface area contributed by atoms with E-state index < -0.39 is 0 Å². The number of amides is 2. The lowest BCUT2D eigenvalue weighted by Crippen LogP contribution is -2.34. The van der Waals surface area contributed by atoms with Gasteiger partial charge in [0.1, 0.15) is 0 Å². The number of carbonyl (C=O) groups excluding carboxylic acids is 2. The molecular weight excluding hydrogens is 246 g/mol. The molecule has 1 N–H and O–H groups in total. The van der Waals surface area contributed by atoms with Crippen molar-refractivity contribution in [1.82, 2.24) is 5.32 Å². The van der Waals surface area contributed by atoms with Crippen LogP contribution in [-0.2, 0) is 0 Å². The first-order chi connectivity index (χ1) is 8.72. The average Bonchev–Trinajstić information content (AvgIpc) is 2.37. The van der Waals surface area contributed by atoms with Crippen LogP contribution in [0.3, 0.4) is 0 Å². The molecule has 2 aromatic rings. The lowest BCUT2D eigenvalue weighted by Gasteiger charge is -2.17. The second-order valence-electron chi connectivity index (χ2n) is 4.06. The molecule has 0 saturated heterocycles. The highest BCUT2D eigenvalue weighted by atomic mass is 32.2. The molecule has 1 aliphatic heterocycles. The average molecular weight is 257 g/mol. The van der Waals surface area contributed by atoms with E-state index in [1.807, 2.05) is 18.2 Å². The SMILES string of the molecule is CCSc1ccc2c3c(cccc13)C(=O)NC2=O. The molecule has 2 aromatic carbocycles. The summed E-state index contributed by atoms with van der Waals surface area (Å²) in [5.41, 5.74) is 1.17. The Morgan fingerprint density at radius 2 is 1.78 bits per heavy atom. The zero-order valence-electron chi connectivity index (χ0n) is 9.82. The summed E-state index contributed by atoms with van der Waals surface area (Å²) in [6, 6.07) is 9.33. The molecule has 0 aromatic heterocycles. The first-order valence-electron chi connectivity index (χ1n) is 5.76. The number of hydrogen-bond acceptors (Lipinski definition) is 3. The molecular formula is C14H11NO2S. The maximum Gasteiger partial charge on any atom is 0.258 e. The van der Waals surface area contributed by atoms with Gasteiger partial charge in [-0.3, -0.25) is 14.9 Å². The van der Waals surface area contributed by atoms with Crippen molar-refractivity contribution in [3.8, 4) is 0 Å². The summed E-state index contributed by atoms with van der Waals surface area (Å²) in [4.78, 5) is 24.7. The molecule has 1 aliphatic rings. The third-order valence-corrected chi connectivity index (χ3v) is 3.97. The number of hydrogen-bond donors (Lipinski definition) is 1. The smallest absolute Gasteiger partial charge is 0.258 e. The highest BCUT2D eigenvalue weighted by molar-refractivity contribution is 7.99. The van der Waals surface area contributed by atoms with Crippen molar-refractivity contribution in [2.45, 2.75) is 11.8 Å². The number of thioether (sulfide) groups is 1. The van der Waals surface area contributed by atoms with Crippen molar-refractivity contribution in [3.63, 3.8) is 0 Å². The number of imide groups is 1. The highest BCUT2D eigenvalue weighted by Crippen LogP contribution is 2.33. The third kappa shape index (κ3) is 1.53. The quantitative estimate of drug-likeness (QED) is 0.664. The molecule has 1 heterocycles. The Hall–Kier alpha value is -1.81. The van der Waals surface area contributed by atoms with Crippen molar-refractivity contribution in [1.29, 1.82) is 0 Å². The summed E-state index contributed by atoms with van der Waals surface area (Å²) >= 11 is 1.72. The van der Waals surface area contributed by atoms with Crippen molar-refractivity contribution < 1.29 is 9.59 Å². The van der Waals surface area contributed by atoms with Crippen molar-refractivity contribution in [3.05, 3.63) is 41.5 Å². The summed E-state index contributed by atoms with van der Waals surface area (Å²) in [5.74, 6) is 0.340. The van der Waals surface area contributed by atoms with Crippen LogP contribution in [0.5, 0.6) is 0 Å². The van der Waals surface area contributed by atoms with Crippen LogP contribution in [0.15, 0.2) is 35.2 Å². The molecule has 0 aliphatic carbocycles. The van der Waals surface area contributed by atoms with Gasteiger partial charge in [-0.25, -0.2) is 0 Å². The first-order valence-corrected chi connectivity index (χ1v) is 6.75. The van der Waals surface area contributed by atoms with E-state index in [4.69, 9.17) is 0 Å². The number of carbonyl (C=O) groups is 2. The van der Waals surface area contributed by atoms with Crippen molar-refractivity contribution in [2.75, 3.05) is 5.75 Å². The zero-order chi connectivity index (χ0) is 12.7. The zero-order valence-corrected chi connectivity index (χ0v) is 10.6. The van der Waals surface area contributed by atoms with Crippen molar-refractivity contribution in [2.24, 2.45) is 0 Å². The molecule has 0 spiro atoms. The maximum atomic E-state index is 11.8. The van der Waals surface area contributed by atoms with E-state index in [1.165, 1.54) is 0 Å². The molecule has 0 atom stereocenters. The van der Waals surface area contributed by atoms with Gasteiger partial charge in [0, 0.05) is 21.4 Å². The van der Waals surface area contributed by atoms with Gasteiger partial charge in [-0.05, 0) is 29.3 Å². The third-order valence-electron chi connectivity index (χ3n) is 3.02. The molecule has 2 amide bonds. The first kappa shape index (κ1) is 11.3. The molecule has 3 rings (SSSR count). The Morgan fingerprint density at radius 1 is 1.06 bits per heavy atom. The Balaban J connectivity index is 2.41. The Bertz CT molecular complexity index is 659. The Kier molecular flexibility index (Phi) is 2.59. The highest BCUT2D eigenvalue weighted by Gasteiger charge is 2.25. The fraction of sp³-hybridized carbons (Fsp3) is 0.143. The van der Waals surface area contributed by atoms with Gasteiger partial charge in [0.2, 0.25) is 0 Å². The Labute approximate surface area is 109 Å². The summed E-state index contributed by atoms with van der Waals surface area (Å²) in [5, 5.41) is 4.13. The Morgan fingerprint density at radius 3 is 2.50 bits per heavy atom. The fourth-order valence-electron chi connectivity index (χ4n) is 2.28. The van der Waals surface area contributed by atoms with Crippen LogP contribution in [0.1, 0.15) is 27.6 Å². The van der Waals surface area contributed by atoms with Crippen molar-refractivity contribution >= 4 is 34.3 Å². The van der Waals surface area contributed by atoms with E-state index in [0.717, 1.165) is 21.4 Å². The lowest BCUT2D eigenvalue weighted by molar-refractivity contribution is 0.0845. The topological polar surface area (TPSA) is 46.2 Å². The number of rotatable bonds is 2. The normalized spacial score (nSPS) is 13.8. The lowest BCUT2D eigenvalue weighted by atomic mass is 9.95. The molecule has 18 heavy (non-hydrogen) atoms. The number of benzene rings is 2. The molecule has 0 fully saturated rings. The van der Waals surface area contributed by atoms with Crippen LogP contribution < -0.4 is 5.32 Å². The molecule has 0 saturated carbocycles. The second-order valence-corrected chi connectivity index (χ2v) is 5.36. The van der Waals surface area contributed by atoms with Gasteiger partial charge < -0.3 is 0 Å². The minimum atomic E-state index is -0.309. The van der Waals surface area contributed by atoms with Gasteiger partial charge in [-0.15, -0.1) is 11.8 Å². The van der Waals surface area contributed by atoms with E-state index in [1.54, 1.807) is 23.9 Å². The molecule has 0 unspecified atom stereocenters. The van der Waals surface area contributed by atoms with E-state index in [9.17, 15) is 9.59 Å². The van der Waals surface area contributed by atoms with Crippen LogP contribution >= 0.6 is 11.8 Å². The largest absolute Gasteiger partial charge is 0.288 e. The summed E-state index contributed by atoms with van der Waals surface area (Å²) in [6.07, 6.45) is 0. The van der Waals surface area contributed by atoms with Crippen LogP contribution in [0, 0.1) is 0 Å². The summed E-state index contributed by atoms with van der Waals surface area (Å²) in [6.45, 7) is 2.08. The van der Waals surface area contributed by atoms with Gasteiger partial charge >= 0.3 is 0 Å². The van der Waals surface area contributed by atoms with Crippen LogP contribution in [0.4, 0.5) is 0 Å².